The van der Waals surface area contributed by atoms with Crippen molar-refractivity contribution in [1.29, 1.82) is 0 Å². The number of methoxy groups -OCH3 is 2. The van der Waals surface area contributed by atoms with Crippen LogP contribution in [-0.4, -0.2) is 76.9 Å². The van der Waals surface area contributed by atoms with Gasteiger partial charge in [0, 0.05) is 50.4 Å². The second kappa shape index (κ2) is 14.5. The molecule has 2 aliphatic heterocycles. The third-order valence-electron chi connectivity index (χ3n) is 9.31. The van der Waals surface area contributed by atoms with Gasteiger partial charge in [-0.3, -0.25) is 33.9 Å². The molecule has 4 amide bonds. The molecule has 0 spiro atoms. The Morgan fingerprint density at radius 1 is 1.00 bits per heavy atom. The Morgan fingerprint density at radius 2 is 1.75 bits per heavy atom. The lowest BCUT2D eigenvalue weighted by Crippen LogP contribution is -2.51. The number of hydrogen-bond acceptors (Lipinski definition) is 9. The van der Waals surface area contributed by atoms with E-state index in [-0.39, 0.29) is 47.9 Å². The maximum atomic E-state index is 13.4. The lowest BCUT2D eigenvalue weighted by molar-refractivity contribution is -0.130. The third kappa shape index (κ3) is 6.66. The SMILES string of the molecule is C=C1CCC(N2C(=O)c3cccc(OCCCCC(=O)N(C)Cc4c(OC)cc(-c5cn(C)c(=O)c6cnccc56)cc4OC)c3C2=O)C(=O)N1. The van der Waals surface area contributed by atoms with Crippen LogP contribution in [-0.2, 0) is 23.2 Å². The highest BCUT2D eigenvalue weighted by molar-refractivity contribution is 6.24. The Morgan fingerprint density at radius 3 is 2.45 bits per heavy atom. The van der Waals surface area contributed by atoms with Gasteiger partial charge < -0.3 is 29.0 Å². The Bertz CT molecular complexity index is 2120. The predicted octanol–water partition coefficient (Wildman–Crippen LogP) is 4.21. The van der Waals surface area contributed by atoms with E-state index in [1.807, 2.05) is 12.1 Å². The van der Waals surface area contributed by atoms with E-state index in [9.17, 15) is 24.0 Å². The number of ether oxygens (including phenoxy) is 3. The minimum atomic E-state index is -0.907. The fraction of sp³-hybridized carbons (Fsp3) is 0.316. The van der Waals surface area contributed by atoms with Crippen LogP contribution in [0, 0.1) is 0 Å². The molecule has 4 heterocycles. The minimum Gasteiger partial charge on any atom is -0.496 e. The third-order valence-corrected chi connectivity index (χ3v) is 9.31. The molecule has 6 rings (SSSR count). The number of unbranched alkanes of at least 4 members (excludes halogenated alkanes) is 1. The van der Waals surface area contributed by atoms with E-state index in [2.05, 4.69) is 16.9 Å². The molecular formula is C38H39N5O8. The van der Waals surface area contributed by atoms with Gasteiger partial charge in [0.25, 0.3) is 17.4 Å². The number of piperidine rings is 1. The van der Waals surface area contributed by atoms with Gasteiger partial charge in [-0.15, -0.1) is 0 Å². The normalized spacial score (nSPS) is 15.5. The second-order valence-electron chi connectivity index (χ2n) is 12.6. The van der Waals surface area contributed by atoms with Crippen LogP contribution in [0.15, 0.2) is 72.1 Å². The zero-order valence-corrected chi connectivity index (χ0v) is 29.0. The lowest BCUT2D eigenvalue weighted by atomic mass is 9.99. The van der Waals surface area contributed by atoms with Crippen LogP contribution in [0.5, 0.6) is 17.2 Å². The van der Waals surface area contributed by atoms with Gasteiger partial charge in [-0.05, 0) is 67.0 Å². The maximum Gasteiger partial charge on any atom is 0.266 e. The molecule has 13 nitrogen and oxygen atoms in total. The first-order valence-electron chi connectivity index (χ1n) is 16.6. The van der Waals surface area contributed by atoms with Crippen molar-refractivity contribution in [3.63, 3.8) is 0 Å². The summed E-state index contributed by atoms with van der Waals surface area (Å²) in [4.78, 5) is 71.7. The smallest absolute Gasteiger partial charge is 0.266 e. The largest absolute Gasteiger partial charge is 0.496 e. The minimum absolute atomic E-state index is 0.0924. The summed E-state index contributed by atoms with van der Waals surface area (Å²) >= 11 is 0. The highest BCUT2D eigenvalue weighted by Gasteiger charge is 2.45. The standard InChI is InChI=1S/C38H39N5O8/c1-22-12-13-29(35(45)40-22)43-37(47)25-9-8-10-30(34(25)38(43)48)51-16-7-6-11-33(44)41(2)21-28-31(49-4)17-23(18-32(28)50-5)27-20-42(3)36(46)26-19-39-15-14-24(26)27/h8-10,14-15,17-20,29H,1,6-7,11-13,16,21H2,2-5H3,(H,40,45). The predicted molar refractivity (Wildman–Crippen MR) is 189 cm³/mol. The van der Waals surface area contributed by atoms with Crippen molar-refractivity contribution in [2.24, 2.45) is 7.05 Å². The average molecular weight is 694 g/mol. The van der Waals surface area contributed by atoms with E-state index in [0.29, 0.717) is 53.8 Å². The molecular weight excluding hydrogens is 654 g/mol. The summed E-state index contributed by atoms with van der Waals surface area (Å²) in [5.41, 5.74) is 3.03. The van der Waals surface area contributed by atoms with Gasteiger partial charge >= 0.3 is 0 Å². The summed E-state index contributed by atoms with van der Waals surface area (Å²) in [6, 6.07) is 9.45. The number of carbonyl (C=O) groups is 4. The van der Waals surface area contributed by atoms with E-state index in [0.717, 1.165) is 21.4 Å². The van der Waals surface area contributed by atoms with E-state index in [4.69, 9.17) is 14.2 Å². The van der Waals surface area contributed by atoms with Crippen molar-refractivity contribution >= 4 is 34.4 Å². The van der Waals surface area contributed by atoms with Gasteiger partial charge in [0.05, 0.1) is 49.4 Å². The topological polar surface area (TPSA) is 149 Å². The first kappa shape index (κ1) is 34.9. The number of benzene rings is 2. The van der Waals surface area contributed by atoms with Gasteiger partial charge in [0.15, 0.2) is 0 Å². The highest BCUT2D eigenvalue weighted by atomic mass is 16.5. The fourth-order valence-electron chi connectivity index (χ4n) is 6.60. The zero-order valence-electron chi connectivity index (χ0n) is 29.0. The highest BCUT2D eigenvalue weighted by Crippen LogP contribution is 2.38. The average Bonchev–Trinajstić information content (AvgIpc) is 3.38. The molecule has 13 heteroatoms. The molecule has 2 aliphatic rings. The monoisotopic (exact) mass is 693 g/mol. The summed E-state index contributed by atoms with van der Waals surface area (Å²) in [7, 11) is 6.51. The Hall–Kier alpha value is -5.98. The molecule has 264 valence electrons. The Labute approximate surface area is 294 Å². The van der Waals surface area contributed by atoms with Crippen LogP contribution in [0.1, 0.15) is 58.4 Å². The Kier molecular flexibility index (Phi) is 9.90. The molecule has 2 aromatic carbocycles. The number of nitrogens with zero attached hydrogens (tertiary/aromatic N) is 4. The summed E-state index contributed by atoms with van der Waals surface area (Å²) < 4.78 is 19.0. The molecule has 2 aromatic heterocycles. The number of rotatable bonds is 12. The number of hydrogen-bond donors (Lipinski definition) is 1. The molecule has 0 saturated carbocycles. The lowest BCUT2D eigenvalue weighted by Gasteiger charge is -2.29. The van der Waals surface area contributed by atoms with Crippen molar-refractivity contribution in [2.75, 3.05) is 27.9 Å². The van der Waals surface area contributed by atoms with Crippen LogP contribution < -0.4 is 25.1 Å². The van der Waals surface area contributed by atoms with Crippen LogP contribution in [0.4, 0.5) is 0 Å². The molecule has 0 aliphatic carbocycles. The number of nitrogens with one attached hydrogen (secondary N) is 1. The fourth-order valence-corrected chi connectivity index (χ4v) is 6.60. The molecule has 1 atom stereocenters. The molecule has 4 aromatic rings. The summed E-state index contributed by atoms with van der Waals surface area (Å²) in [6.45, 7) is 4.21. The first-order chi connectivity index (χ1) is 24.5. The molecule has 0 radical (unpaired) electrons. The van der Waals surface area contributed by atoms with E-state index >= 15 is 0 Å². The number of aryl methyl sites for hydroxylation is 1. The van der Waals surface area contributed by atoms with Gasteiger partial charge in [-0.2, -0.15) is 0 Å². The van der Waals surface area contributed by atoms with Crippen LogP contribution in [0.3, 0.4) is 0 Å². The van der Waals surface area contributed by atoms with E-state index < -0.39 is 23.8 Å². The second-order valence-corrected chi connectivity index (χ2v) is 12.6. The van der Waals surface area contributed by atoms with Crippen molar-refractivity contribution < 1.29 is 33.4 Å². The molecule has 0 bridgehead atoms. The number of aromatic nitrogens is 2. The molecule has 1 saturated heterocycles. The van der Waals surface area contributed by atoms with Gasteiger partial charge in [0.2, 0.25) is 11.8 Å². The van der Waals surface area contributed by atoms with Gasteiger partial charge in [-0.1, -0.05) is 12.6 Å². The number of amides is 4. The number of imide groups is 1. The number of fused-ring (bicyclic) bond motifs is 2. The quantitative estimate of drug-likeness (QED) is 0.170. The van der Waals surface area contributed by atoms with E-state index in [1.54, 1.807) is 76.1 Å². The van der Waals surface area contributed by atoms with Gasteiger partial charge in [0.1, 0.15) is 23.3 Å². The van der Waals surface area contributed by atoms with Crippen molar-refractivity contribution in [3.05, 3.63) is 94.3 Å². The molecule has 1 N–H and O–H groups in total. The first-order valence-corrected chi connectivity index (χ1v) is 16.6. The van der Waals surface area contributed by atoms with Crippen LogP contribution >= 0.6 is 0 Å². The van der Waals surface area contributed by atoms with Crippen LogP contribution in [0.2, 0.25) is 0 Å². The maximum absolute atomic E-state index is 13.4. The molecule has 1 unspecified atom stereocenters. The number of pyridine rings is 2. The number of allylic oxidation sites excluding steroid dienone is 1. The van der Waals surface area contributed by atoms with Crippen molar-refractivity contribution in [2.45, 2.75) is 44.7 Å². The molecule has 1 fully saturated rings. The van der Waals surface area contributed by atoms with Crippen LogP contribution in [0.25, 0.3) is 21.9 Å². The van der Waals surface area contributed by atoms with Crippen molar-refractivity contribution in [1.82, 2.24) is 24.7 Å². The van der Waals surface area contributed by atoms with E-state index in [1.165, 1.54) is 4.57 Å². The zero-order chi connectivity index (χ0) is 36.4. The van der Waals surface area contributed by atoms with Crippen molar-refractivity contribution in [3.8, 4) is 28.4 Å². The summed E-state index contributed by atoms with van der Waals surface area (Å²) in [6.07, 6.45) is 7.04. The van der Waals surface area contributed by atoms with Gasteiger partial charge in [-0.25, -0.2) is 0 Å². The summed E-state index contributed by atoms with van der Waals surface area (Å²) in [5, 5.41) is 3.88. The molecule has 51 heavy (non-hydrogen) atoms. The Balaban J connectivity index is 1.07. The number of carbonyl (C=O) groups excluding carboxylic acids is 4. The summed E-state index contributed by atoms with van der Waals surface area (Å²) in [5.74, 6) is -0.279.